The highest BCUT2D eigenvalue weighted by Crippen LogP contribution is 2.18. The molecule has 0 bridgehead atoms. The van der Waals surface area contributed by atoms with E-state index in [4.69, 9.17) is 0 Å². The van der Waals surface area contributed by atoms with Crippen LogP contribution in [-0.2, 0) is 9.59 Å². The summed E-state index contributed by atoms with van der Waals surface area (Å²) in [4.78, 5) is 28.5. The number of likely N-dealkylation sites (tertiary alicyclic amines) is 1. The van der Waals surface area contributed by atoms with Gasteiger partial charge in [-0.05, 0) is 43.2 Å². The van der Waals surface area contributed by atoms with Gasteiger partial charge >= 0.3 is 11.8 Å². The number of hydrogen-bond donors (Lipinski definition) is 3. The zero-order valence-electron chi connectivity index (χ0n) is 18.4. The van der Waals surface area contributed by atoms with Crippen LogP contribution in [0.15, 0.2) is 42.5 Å². The van der Waals surface area contributed by atoms with Crippen molar-refractivity contribution in [3.63, 3.8) is 0 Å². The van der Waals surface area contributed by atoms with E-state index in [0.717, 1.165) is 29.9 Å². The van der Waals surface area contributed by atoms with Gasteiger partial charge in [-0.25, -0.2) is 0 Å². The van der Waals surface area contributed by atoms with Crippen molar-refractivity contribution in [3.8, 4) is 0 Å². The van der Waals surface area contributed by atoms with Crippen LogP contribution in [0.1, 0.15) is 35.6 Å². The summed E-state index contributed by atoms with van der Waals surface area (Å²) in [7, 11) is 4.04. The maximum absolute atomic E-state index is 12.5. The minimum atomic E-state index is -0.623. The Kier molecular flexibility index (Phi) is 7.11. The van der Waals surface area contributed by atoms with E-state index >= 15 is 0 Å². The summed E-state index contributed by atoms with van der Waals surface area (Å²) in [5.74, 6) is -1.22. The van der Waals surface area contributed by atoms with Crippen LogP contribution in [0.3, 0.4) is 0 Å². The van der Waals surface area contributed by atoms with Crippen molar-refractivity contribution in [2.24, 2.45) is 0 Å². The van der Waals surface area contributed by atoms with Gasteiger partial charge in [0.1, 0.15) is 6.04 Å². The topological polar surface area (TPSA) is 65.9 Å². The Labute approximate surface area is 179 Å². The van der Waals surface area contributed by atoms with Gasteiger partial charge in [-0.1, -0.05) is 24.3 Å². The number of aryl methyl sites for hydroxylation is 1. The predicted octanol–water partition coefficient (Wildman–Crippen LogP) is 1.84. The first-order chi connectivity index (χ1) is 14.4. The van der Waals surface area contributed by atoms with Crippen molar-refractivity contribution in [3.05, 3.63) is 59.2 Å². The highest BCUT2D eigenvalue weighted by molar-refractivity contribution is 6.39. The maximum Gasteiger partial charge on any atom is 0.313 e. The van der Waals surface area contributed by atoms with Gasteiger partial charge in [0.15, 0.2) is 0 Å². The molecular formula is C24H33N4O2+. The van der Waals surface area contributed by atoms with Crippen molar-refractivity contribution in [1.29, 1.82) is 0 Å². The fourth-order valence-corrected chi connectivity index (χ4v) is 4.02. The molecule has 0 radical (unpaired) electrons. The molecule has 1 atom stereocenters. The Morgan fingerprint density at radius 1 is 1.00 bits per heavy atom. The van der Waals surface area contributed by atoms with Crippen molar-refractivity contribution >= 4 is 23.2 Å². The minimum Gasteiger partial charge on any atom is -0.378 e. The van der Waals surface area contributed by atoms with Crippen LogP contribution >= 0.6 is 0 Å². The molecule has 6 heteroatoms. The number of anilines is 2. The maximum atomic E-state index is 12.5. The van der Waals surface area contributed by atoms with E-state index < -0.39 is 11.8 Å². The normalized spacial score (nSPS) is 14.9. The summed E-state index contributed by atoms with van der Waals surface area (Å²) in [6, 6.07) is 14.3. The Balaban J connectivity index is 1.66. The molecule has 2 aromatic carbocycles. The van der Waals surface area contributed by atoms with Gasteiger partial charge in [-0.3, -0.25) is 9.59 Å². The van der Waals surface area contributed by atoms with Crippen molar-refractivity contribution in [2.45, 2.75) is 32.7 Å². The summed E-state index contributed by atoms with van der Waals surface area (Å²) in [6.07, 6.45) is 2.39. The number of carbonyl (C=O) groups is 2. The first-order valence-corrected chi connectivity index (χ1v) is 10.6. The van der Waals surface area contributed by atoms with Gasteiger partial charge in [-0.2, -0.15) is 0 Å². The molecule has 0 unspecified atom stereocenters. The third-order valence-corrected chi connectivity index (χ3v) is 6.08. The zero-order chi connectivity index (χ0) is 21.7. The number of benzene rings is 2. The van der Waals surface area contributed by atoms with Crippen LogP contribution in [-0.4, -0.2) is 45.5 Å². The molecule has 2 amide bonds. The van der Waals surface area contributed by atoms with Crippen LogP contribution in [0.2, 0.25) is 0 Å². The third-order valence-electron chi connectivity index (χ3n) is 6.08. The fourth-order valence-electron chi connectivity index (χ4n) is 4.02. The lowest BCUT2D eigenvalue weighted by Crippen LogP contribution is -3.11. The average Bonchev–Trinajstić information content (AvgIpc) is 3.26. The smallest absolute Gasteiger partial charge is 0.313 e. The number of nitrogens with one attached hydrogen (secondary N) is 3. The number of rotatable bonds is 6. The van der Waals surface area contributed by atoms with E-state index in [2.05, 4.69) is 39.8 Å². The van der Waals surface area contributed by atoms with Crippen LogP contribution in [0.4, 0.5) is 11.4 Å². The van der Waals surface area contributed by atoms with Gasteiger partial charge in [0, 0.05) is 43.9 Å². The number of quaternary nitrogens is 1. The van der Waals surface area contributed by atoms with Gasteiger partial charge in [0.05, 0.1) is 19.6 Å². The van der Waals surface area contributed by atoms with Crippen LogP contribution in [0.25, 0.3) is 0 Å². The van der Waals surface area contributed by atoms with Crippen LogP contribution in [0.5, 0.6) is 0 Å². The highest BCUT2D eigenvalue weighted by Gasteiger charge is 2.28. The minimum absolute atomic E-state index is 0.140. The molecule has 1 fully saturated rings. The van der Waals surface area contributed by atoms with E-state index in [1.54, 1.807) is 0 Å². The number of nitrogens with zero attached hydrogens (tertiary/aromatic N) is 1. The molecule has 0 saturated carbocycles. The summed E-state index contributed by atoms with van der Waals surface area (Å²) in [5.41, 5.74) is 5.06. The second-order valence-corrected chi connectivity index (χ2v) is 8.32. The Morgan fingerprint density at radius 3 is 2.30 bits per heavy atom. The molecule has 1 heterocycles. The lowest BCUT2D eigenvalue weighted by atomic mass is 10.0. The van der Waals surface area contributed by atoms with Crippen molar-refractivity contribution in [2.75, 3.05) is 43.9 Å². The molecular weight excluding hydrogens is 376 g/mol. The number of hydrogen-bond acceptors (Lipinski definition) is 3. The number of amides is 2. The number of carbonyl (C=O) groups excluding carboxylic acids is 2. The van der Waals surface area contributed by atoms with Gasteiger partial charge in [0.25, 0.3) is 0 Å². The molecule has 6 nitrogen and oxygen atoms in total. The van der Waals surface area contributed by atoms with Gasteiger partial charge in [0.2, 0.25) is 0 Å². The molecule has 1 saturated heterocycles. The standard InChI is InChI=1S/C24H32N4O2/c1-17-8-7-9-21(18(17)2)26-24(30)23(29)25-16-22(28-14-5-6-15-28)19-10-12-20(13-11-19)27(3)4/h7-13,22H,5-6,14-16H2,1-4H3,(H,25,29)(H,26,30)/p+1/t22-/m0/s1. The lowest BCUT2D eigenvalue weighted by molar-refractivity contribution is -0.918. The molecule has 2 aromatic rings. The Bertz CT molecular complexity index is 887. The van der Waals surface area contributed by atoms with Gasteiger partial charge < -0.3 is 20.4 Å². The molecule has 1 aliphatic rings. The SMILES string of the molecule is Cc1cccc(NC(=O)C(=O)NC[C@@H](c2ccc(N(C)C)cc2)[NH+]2CCCC2)c1C. The molecule has 160 valence electrons. The monoisotopic (exact) mass is 409 g/mol. The van der Waals surface area contributed by atoms with E-state index in [9.17, 15) is 9.59 Å². The molecule has 0 spiro atoms. The fraction of sp³-hybridized carbons (Fsp3) is 0.417. The predicted molar refractivity (Wildman–Crippen MR) is 121 cm³/mol. The van der Waals surface area contributed by atoms with E-state index in [1.165, 1.54) is 23.3 Å². The van der Waals surface area contributed by atoms with E-state index in [-0.39, 0.29) is 6.04 Å². The molecule has 3 N–H and O–H groups in total. The first-order valence-electron chi connectivity index (χ1n) is 10.6. The summed E-state index contributed by atoms with van der Waals surface area (Å²) in [6.45, 7) is 6.54. The molecule has 0 aliphatic carbocycles. The third kappa shape index (κ3) is 5.19. The molecule has 3 rings (SSSR count). The Morgan fingerprint density at radius 2 is 1.67 bits per heavy atom. The summed E-state index contributed by atoms with van der Waals surface area (Å²) < 4.78 is 0. The molecule has 1 aliphatic heterocycles. The van der Waals surface area contributed by atoms with Crippen LogP contribution < -0.4 is 20.4 Å². The lowest BCUT2D eigenvalue weighted by Gasteiger charge is -2.26. The second kappa shape index (κ2) is 9.76. The van der Waals surface area contributed by atoms with Crippen LogP contribution in [0, 0.1) is 13.8 Å². The first kappa shape index (κ1) is 21.8. The van der Waals surface area contributed by atoms with Crippen molar-refractivity contribution in [1.82, 2.24) is 5.32 Å². The summed E-state index contributed by atoms with van der Waals surface area (Å²) in [5, 5.41) is 5.61. The average molecular weight is 410 g/mol. The summed E-state index contributed by atoms with van der Waals surface area (Å²) >= 11 is 0. The second-order valence-electron chi connectivity index (χ2n) is 8.32. The zero-order valence-corrected chi connectivity index (χ0v) is 18.4. The molecule has 0 aromatic heterocycles. The van der Waals surface area contributed by atoms with E-state index in [0.29, 0.717) is 12.2 Å². The van der Waals surface area contributed by atoms with Crippen molar-refractivity contribution < 1.29 is 14.5 Å². The largest absolute Gasteiger partial charge is 0.378 e. The Hall–Kier alpha value is -2.86. The highest BCUT2D eigenvalue weighted by atomic mass is 16.2. The molecule has 30 heavy (non-hydrogen) atoms. The van der Waals surface area contributed by atoms with Gasteiger partial charge in [-0.15, -0.1) is 0 Å². The quantitative estimate of drug-likeness (QED) is 0.638. The van der Waals surface area contributed by atoms with E-state index in [1.807, 2.05) is 46.1 Å².